The Balaban J connectivity index is 2.51. The number of aromatic nitrogens is 3. The maximum Gasteiger partial charge on any atom is 0.294 e. The normalized spacial score (nSPS) is 10.6. The van der Waals surface area contributed by atoms with Crippen molar-refractivity contribution in [1.82, 2.24) is 14.8 Å². The zero-order chi connectivity index (χ0) is 11.5. The lowest BCUT2D eigenvalue weighted by atomic mass is 10.4. The molecule has 6 nitrogen and oxygen atoms in total. The van der Waals surface area contributed by atoms with Gasteiger partial charge in [-0.1, -0.05) is 0 Å². The van der Waals surface area contributed by atoms with Crippen LogP contribution in [0.15, 0.2) is 29.3 Å². The SMILES string of the molecule is COCc1[nH]n(-c2ccncc2)c(=O)c1N. The van der Waals surface area contributed by atoms with Crippen molar-refractivity contribution in [3.63, 3.8) is 0 Å². The van der Waals surface area contributed by atoms with Gasteiger partial charge >= 0.3 is 0 Å². The first-order valence-electron chi connectivity index (χ1n) is 4.72. The van der Waals surface area contributed by atoms with E-state index in [9.17, 15) is 4.79 Å². The van der Waals surface area contributed by atoms with E-state index in [1.54, 1.807) is 31.6 Å². The third-order valence-electron chi connectivity index (χ3n) is 2.21. The van der Waals surface area contributed by atoms with Crippen LogP contribution in [0.5, 0.6) is 0 Å². The summed E-state index contributed by atoms with van der Waals surface area (Å²) in [6.45, 7) is 0.277. The average molecular weight is 220 g/mol. The number of anilines is 1. The van der Waals surface area contributed by atoms with E-state index in [-0.39, 0.29) is 17.9 Å². The van der Waals surface area contributed by atoms with Gasteiger partial charge in [-0.3, -0.25) is 14.9 Å². The molecule has 0 aliphatic heterocycles. The minimum absolute atomic E-state index is 0.179. The molecule has 2 heterocycles. The lowest BCUT2D eigenvalue weighted by Gasteiger charge is -2.00. The summed E-state index contributed by atoms with van der Waals surface area (Å²) in [6, 6.07) is 3.43. The zero-order valence-corrected chi connectivity index (χ0v) is 8.80. The number of ether oxygens (including phenoxy) is 1. The minimum Gasteiger partial charge on any atom is -0.393 e. The first kappa shape index (κ1) is 10.4. The Morgan fingerprint density at radius 3 is 2.81 bits per heavy atom. The van der Waals surface area contributed by atoms with Crippen LogP contribution >= 0.6 is 0 Å². The highest BCUT2D eigenvalue weighted by Crippen LogP contribution is 2.08. The molecule has 0 fully saturated rings. The molecule has 2 rings (SSSR count). The second-order valence-electron chi connectivity index (χ2n) is 3.28. The van der Waals surface area contributed by atoms with Crippen LogP contribution < -0.4 is 11.3 Å². The van der Waals surface area contributed by atoms with E-state index < -0.39 is 0 Å². The summed E-state index contributed by atoms with van der Waals surface area (Å²) in [5.41, 5.74) is 6.83. The van der Waals surface area contributed by atoms with Crippen LogP contribution in [0.3, 0.4) is 0 Å². The molecule has 3 N–H and O–H groups in total. The number of hydrogen-bond donors (Lipinski definition) is 2. The standard InChI is InChI=1S/C10H12N4O2/c1-16-6-8-9(11)10(15)14(13-8)7-2-4-12-5-3-7/h2-5,13H,6,11H2,1H3. The predicted octanol–water partition coefficient (Wildman–Crippen LogP) is 0.289. The summed E-state index contributed by atoms with van der Waals surface area (Å²) in [4.78, 5) is 15.7. The lowest BCUT2D eigenvalue weighted by Crippen LogP contribution is -2.16. The van der Waals surface area contributed by atoms with Crippen LogP contribution in [0.2, 0.25) is 0 Å². The number of rotatable bonds is 3. The molecule has 0 unspecified atom stereocenters. The van der Waals surface area contributed by atoms with Crippen LogP contribution in [-0.4, -0.2) is 21.9 Å². The molecule has 2 aromatic rings. The fourth-order valence-corrected chi connectivity index (χ4v) is 1.42. The Hall–Kier alpha value is -2.08. The van der Waals surface area contributed by atoms with Crippen molar-refractivity contribution in [2.45, 2.75) is 6.61 Å². The highest BCUT2D eigenvalue weighted by atomic mass is 16.5. The van der Waals surface area contributed by atoms with Crippen LogP contribution in [-0.2, 0) is 11.3 Å². The Bertz CT molecular complexity index is 529. The fourth-order valence-electron chi connectivity index (χ4n) is 1.42. The van der Waals surface area contributed by atoms with Gasteiger partial charge in [0.2, 0.25) is 0 Å². The summed E-state index contributed by atoms with van der Waals surface area (Å²) in [7, 11) is 1.54. The van der Waals surface area contributed by atoms with E-state index in [0.717, 1.165) is 0 Å². The van der Waals surface area contributed by atoms with Crippen molar-refractivity contribution < 1.29 is 4.74 Å². The third-order valence-corrected chi connectivity index (χ3v) is 2.21. The lowest BCUT2D eigenvalue weighted by molar-refractivity contribution is 0.181. The largest absolute Gasteiger partial charge is 0.393 e. The van der Waals surface area contributed by atoms with Gasteiger partial charge in [0, 0.05) is 19.5 Å². The number of nitrogens with zero attached hydrogens (tertiary/aromatic N) is 2. The third kappa shape index (κ3) is 1.70. The number of pyridine rings is 1. The number of H-pyrrole nitrogens is 1. The molecule has 0 amide bonds. The Labute approximate surface area is 91.7 Å². The van der Waals surface area contributed by atoms with E-state index in [4.69, 9.17) is 10.5 Å². The molecule has 0 radical (unpaired) electrons. The second kappa shape index (κ2) is 4.19. The number of hydrogen-bond acceptors (Lipinski definition) is 4. The van der Waals surface area contributed by atoms with Gasteiger partial charge in [-0.05, 0) is 12.1 Å². The van der Waals surface area contributed by atoms with Crippen molar-refractivity contribution in [2.24, 2.45) is 0 Å². The van der Waals surface area contributed by atoms with E-state index in [1.807, 2.05) is 0 Å². The minimum atomic E-state index is -0.279. The molecule has 0 atom stereocenters. The first-order chi connectivity index (χ1) is 7.74. The number of aromatic amines is 1. The summed E-state index contributed by atoms with van der Waals surface area (Å²) in [6.07, 6.45) is 3.21. The molecule has 0 spiro atoms. The quantitative estimate of drug-likeness (QED) is 0.778. The molecule has 0 bridgehead atoms. The first-order valence-corrected chi connectivity index (χ1v) is 4.72. The van der Waals surface area contributed by atoms with Gasteiger partial charge in [0.15, 0.2) is 0 Å². The van der Waals surface area contributed by atoms with E-state index >= 15 is 0 Å². The molecule has 0 aliphatic rings. The van der Waals surface area contributed by atoms with Gasteiger partial charge in [-0.15, -0.1) is 0 Å². The molecule has 2 aromatic heterocycles. The van der Waals surface area contributed by atoms with Crippen molar-refractivity contribution >= 4 is 5.69 Å². The summed E-state index contributed by atoms with van der Waals surface area (Å²) < 4.78 is 6.30. The Morgan fingerprint density at radius 2 is 2.19 bits per heavy atom. The van der Waals surface area contributed by atoms with Gasteiger partial charge < -0.3 is 10.5 Å². The topological polar surface area (TPSA) is 85.9 Å². The van der Waals surface area contributed by atoms with Crippen LogP contribution in [0.4, 0.5) is 5.69 Å². The number of methoxy groups -OCH3 is 1. The summed E-state index contributed by atoms with van der Waals surface area (Å²) in [5.74, 6) is 0. The zero-order valence-electron chi connectivity index (χ0n) is 8.80. The molecule has 0 saturated carbocycles. The van der Waals surface area contributed by atoms with Gasteiger partial charge in [0.1, 0.15) is 5.69 Å². The summed E-state index contributed by atoms with van der Waals surface area (Å²) >= 11 is 0. The van der Waals surface area contributed by atoms with E-state index in [1.165, 1.54) is 4.68 Å². The van der Waals surface area contributed by atoms with Gasteiger partial charge in [-0.2, -0.15) is 0 Å². The van der Waals surface area contributed by atoms with Crippen molar-refractivity contribution in [3.8, 4) is 5.69 Å². The summed E-state index contributed by atoms with van der Waals surface area (Å²) in [5, 5.41) is 2.89. The number of nitrogens with one attached hydrogen (secondary N) is 1. The van der Waals surface area contributed by atoms with Crippen molar-refractivity contribution in [2.75, 3.05) is 12.8 Å². The molecular formula is C10H12N4O2. The number of nitrogens with two attached hydrogens (primary N) is 1. The molecule has 0 aliphatic carbocycles. The molecule has 16 heavy (non-hydrogen) atoms. The number of nitrogen functional groups attached to an aromatic ring is 1. The van der Waals surface area contributed by atoms with E-state index in [2.05, 4.69) is 10.1 Å². The average Bonchev–Trinajstić information content (AvgIpc) is 2.59. The monoisotopic (exact) mass is 220 g/mol. The van der Waals surface area contributed by atoms with Gasteiger partial charge in [-0.25, -0.2) is 4.68 Å². The van der Waals surface area contributed by atoms with Crippen molar-refractivity contribution in [3.05, 3.63) is 40.6 Å². The predicted molar refractivity (Wildman–Crippen MR) is 59.3 cm³/mol. The van der Waals surface area contributed by atoms with Gasteiger partial charge in [0.25, 0.3) is 5.56 Å². The highest BCUT2D eigenvalue weighted by molar-refractivity contribution is 5.43. The van der Waals surface area contributed by atoms with E-state index in [0.29, 0.717) is 11.4 Å². The molecule has 84 valence electrons. The molecule has 6 heteroatoms. The maximum atomic E-state index is 11.8. The van der Waals surface area contributed by atoms with Crippen LogP contribution in [0.1, 0.15) is 5.69 Å². The smallest absolute Gasteiger partial charge is 0.294 e. The molecule has 0 aromatic carbocycles. The maximum absolute atomic E-state index is 11.8. The van der Waals surface area contributed by atoms with Gasteiger partial charge in [0.05, 0.1) is 18.0 Å². The van der Waals surface area contributed by atoms with Crippen molar-refractivity contribution in [1.29, 1.82) is 0 Å². The van der Waals surface area contributed by atoms with Crippen LogP contribution in [0.25, 0.3) is 5.69 Å². The molecule has 0 saturated heterocycles. The molecular weight excluding hydrogens is 208 g/mol. The Morgan fingerprint density at radius 1 is 1.50 bits per heavy atom. The Kier molecular flexibility index (Phi) is 2.74. The second-order valence-corrected chi connectivity index (χ2v) is 3.28. The van der Waals surface area contributed by atoms with Crippen LogP contribution in [0, 0.1) is 0 Å². The fraction of sp³-hybridized carbons (Fsp3) is 0.200. The highest BCUT2D eigenvalue weighted by Gasteiger charge is 2.11.